The van der Waals surface area contributed by atoms with Crippen molar-refractivity contribution in [3.05, 3.63) is 45.5 Å². The highest BCUT2D eigenvalue weighted by Gasteiger charge is 2.63. The van der Waals surface area contributed by atoms with Gasteiger partial charge in [0.2, 0.25) is 11.8 Å². The predicted molar refractivity (Wildman–Crippen MR) is 97.8 cm³/mol. The van der Waals surface area contributed by atoms with Gasteiger partial charge in [0.1, 0.15) is 0 Å². The number of carbonyl (C=O) groups is 2. The summed E-state index contributed by atoms with van der Waals surface area (Å²) in [5, 5.41) is 5.13. The topological polar surface area (TPSA) is 64.4 Å². The molecule has 26 heavy (non-hydrogen) atoms. The van der Waals surface area contributed by atoms with Crippen molar-refractivity contribution in [2.24, 2.45) is 11.8 Å². The fourth-order valence-corrected chi connectivity index (χ4v) is 5.03. The lowest BCUT2D eigenvalue weighted by Crippen LogP contribution is -2.34. The molecule has 134 valence electrons. The third-order valence-electron chi connectivity index (χ3n) is 5.49. The molecule has 2 aromatic rings. The highest BCUT2D eigenvalue weighted by molar-refractivity contribution is 9.10. The minimum Gasteiger partial charge on any atom is -0.373 e. The van der Waals surface area contributed by atoms with Crippen molar-refractivity contribution in [3.8, 4) is 0 Å². The van der Waals surface area contributed by atoms with Gasteiger partial charge in [-0.15, -0.1) is 0 Å². The SMILES string of the molecule is O=C1[C@@H]2[C@@H](C(=O)N1c1nn(Cc3ccccc3Cl)cc1Br)[C@H]1CC[C@@H]2O1. The van der Waals surface area contributed by atoms with Crippen molar-refractivity contribution in [2.75, 3.05) is 4.90 Å². The fourth-order valence-electron chi connectivity index (χ4n) is 4.34. The van der Waals surface area contributed by atoms with E-state index in [4.69, 9.17) is 16.3 Å². The zero-order valence-electron chi connectivity index (χ0n) is 13.6. The summed E-state index contributed by atoms with van der Waals surface area (Å²) in [6.07, 6.45) is 3.20. The van der Waals surface area contributed by atoms with Crippen molar-refractivity contribution in [1.82, 2.24) is 9.78 Å². The van der Waals surface area contributed by atoms with Crippen molar-refractivity contribution >= 4 is 45.2 Å². The number of amides is 2. The molecule has 0 spiro atoms. The second-order valence-corrected chi connectivity index (χ2v) is 8.20. The van der Waals surface area contributed by atoms with Crippen LogP contribution in [0.2, 0.25) is 5.02 Å². The monoisotopic (exact) mass is 435 g/mol. The van der Waals surface area contributed by atoms with Gasteiger partial charge in [-0.1, -0.05) is 29.8 Å². The van der Waals surface area contributed by atoms with E-state index < -0.39 is 0 Å². The molecule has 5 rings (SSSR count). The number of ether oxygens (including phenoxy) is 1. The Kier molecular flexibility index (Phi) is 3.74. The zero-order chi connectivity index (χ0) is 18.0. The molecule has 2 bridgehead atoms. The number of fused-ring (bicyclic) bond motifs is 5. The first-order chi connectivity index (χ1) is 12.5. The first-order valence-corrected chi connectivity index (χ1v) is 9.71. The van der Waals surface area contributed by atoms with Crippen LogP contribution in [-0.4, -0.2) is 33.8 Å². The van der Waals surface area contributed by atoms with Crippen LogP contribution in [0.4, 0.5) is 5.82 Å². The summed E-state index contributed by atoms with van der Waals surface area (Å²) in [5.74, 6) is -0.767. The van der Waals surface area contributed by atoms with Crippen LogP contribution in [0.25, 0.3) is 0 Å². The normalized spacial score (nSPS) is 29.7. The van der Waals surface area contributed by atoms with Crippen LogP contribution in [0, 0.1) is 11.8 Å². The van der Waals surface area contributed by atoms with Crippen LogP contribution in [-0.2, 0) is 20.9 Å². The van der Waals surface area contributed by atoms with Gasteiger partial charge in [0.05, 0.1) is 35.1 Å². The predicted octanol–water partition coefficient (Wildman–Crippen LogP) is 3.01. The third kappa shape index (κ3) is 2.30. The van der Waals surface area contributed by atoms with Gasteiger partial charge in [0.15, 0.2) is 5.82 Å². The lowest BCUT2D eigenvalue weighted by atomic mass is 9.81. The average molecular weight is 437 g/mol. The number of carbonyl (C=O) groups excluding carboxylic acids is 2. The van der Waals surface area contributed by atoms with E-state index in [0.29, 0.717) is 21.9 Å². The zero-order valence-corrected chi connectivity index (χ0v) is 16.0. The van der Waals surface area contributed by atoms with Crippen LogP contribution in [0.15, 0.2) is 34.9 Å². The largest absolute Gasteiger partial charge is 0.373 e. The summed E-state index contributed by atoms with van der Waals surface area (Å²) in [6, 6.07) is 7.52. The van der Waals surface area contributed by atoms with Gasteiger partial charge >= 0.3 is 0 Å². The van der Waals surface area contributed by atoms with Crippen LogP contribution in [0.5, 0.6) is 0 Å². The first kappa shape index (κ1) is 16.5. The molecule has 0 radical (unpaired) electrons. The molecule has 2 amide bonds. The number of hydrogen-bond donors (Lipinski definition) is 0. The molecule has 0 aliphatic carbocycles. The average Bonchev–Trinajstić information content (AvgIpc) is 3.35. The Balaban J connectivity index is 1.46. The van der Waals surface area contributed by atoms with Crippen molar-refractivity contribution in [2.45, 2.75) is 31.6 Å². The van der Waals surface area contributed by atoms with Gasteiger partial charge < -0.3 is 4.74 Å². The van der Waals surface area contributed by atoms with E-state index in [2.05, 4.69) is 21.0 Å². The van der Waals surface area contributed by atoms with Gasteiger partial charge in [-0.2, -0.15) is 5.10 Å². The molecular weight excluding hydrogens is 422 g/mol. The molecule has 4 heterocycles. The molecular formula is C18H15BrClN3O3. The molecule has 4 atom stereocenters. The number of halogens is 2. The van der Waals surface area contributed by atoms with E-state index in [9.17, 15) is 9.59 Å². The van der Waals surface area contributed by atoms with Crippen molar-refractivity contribution < 1.29 is 14.3 Å². The van der Waals surface area contributed by atoms with E-state index in [-0.39, 0.29) is 35.9 Å². The molecule has 1 aromatic carbocycles. The van der Waals surface area contributed by atoms with E-state index in [1.807, 2.05) is 24.3 Å². The summed E-state index contributed by atoms with van der Waals surface area (Å²) in [6.45, 7) is 0.454. The number of anilines is 1. The second-order valence-electron chi connectivity index (χ2n) is 6.94. The van der Waals surface area contributed by atoms with E-state index in [1.165, 1.54) is 4.90 Å². The Morgan fingerprint density at radius 3 is 2.46 bits per heavy atom. The van der Waals surface area contributed by atoms with Crippen LogP contribution in [0.1, 0.15) is 18.4 Å². The summed E-state index contributed by atoms with van der Waals surface area (Å²) in [5.41, 5.74) is 0.915. The lowest BCUT2D eigenvalue weighted by molar-refractivity contribution is -0.124. The van der Waals surface area contributed by atoms with Crippen LogP contribution in [0.3, 0.4) is 0 Å². The first-order valence-electron chi connectivity index (χ1n) is 8.54. The molecule has 0 unspecified atom stereocenters. The van der Waals surface area contributed by atoms with E-state index in [0.717, 1.165) is 18.4 Å². The van der Waals surface area contributed by atoms with Gasteiger partial charge in [0, 0.05) is 11.2 Å². The molecule has 1 aromatic heterocycles. The van der Waals surface area contributed by atoms with Gasteiger partial charge in [-0.3, -0.25) is 14.3 Å². The minimum absolute atomic E-state index is 0.129. The molecule has 3 aliphatic rings. The molecule has 6 nitrogen and oxygen atoms in total. The summed E-state index contributed by atoms with van der Waals surface area (Å²) < 4.78 is 8.06. The maximum atomic E-state index is 12.9. The van der Waals surface area contributed by atoms with Crippen molar-refractivity contribution in [1.29, 1.82) is 0 Å². The van der Waals surface area contributed by atoms with Crippen LogP contribution >= 0.6 is 27.5 Å². The Morgan fingerprint density at radius 2 is 1.81 bits per heavy atom. The number of nitrogens with zero attached hydrogens (tertiary/aromatic N) is 3. The van der Waals surface area contributed by atoms with Gasteiger partial charge in [-0.05, 0) is 40.4 Å². The molecule has 0 N–H and O–H groups in total. The molecule has 3 fully saturated rings. The highest BCUT2D eigenvalue weighted by Crippen LogP contribution is 2.49. The Labute approximate surface area is 163 Å². The number of rotatable bonds is 3. The van der Waals surface area contributed by atoms with Gasteiger partial charge in [-0.25, -0.2) is 4.90 Å². The van der Waals surface area contributed by atoms with E-state index >= 15 is 0 Å². The second kappa shape index (κ2) is 5.90. The Bertz CT molecular complexity index is 902. The Morgan fingerprint density at radius 1 is 1.15 bits per heavy atom. The third-order valence-corrected chi connectivity index (χ3v) is 6.41. The molecule has 3 aliphatic heterocycles. The lowest BCUT2D eigenvalue weighted by Gasteiger charge is -2.15. The number of hydrogen-bond acceptors (Lipinski definition) is 4. The molecule has 0 saturated carbocycles. The Hall–Kier alpha value is -1.70. The standard InChI is InChI=1S/C18H15BrClN3O3/c19-10-8-22(7-9-3-1-2-4-11(9)20)21-16(10)23-17(24)14-12-5-6-13(26-12)15(14)18(23)25/h1-4,8,12-15H,5-7H2/t12-,13+,14-,15-/m0/s1. The number of imide groups is 1. The van der Waals surface area contributed by atoms with Crippen molar-refractivity contribution in [3.63, 3.8) is 0 Å². The fraction of sp³-hybridized carbons (Fsp3) is 0.389. The number of benzene rings is 1. The minimum atomic E-state index is -0.359. The summed E-state index contributed by atoms with van der Waals surface area (Å²) in [4.78, 5) is 27.0. The quantitative estimate of drug-likeness (QED) is 0.694. The smallest absolute Gasteiger partial charge is 0.241 e. The highest BCUT2D eigenvalue weighted by atomic mass is 79.9. The van der Waals surface area contributed by atoms with E-state index in [1.54, 1.807) is 10.9 Å². The maximum Gasteiger partial charge on any atom is 0.241 e. The summed E-state index contributed by atoms with van der Waals surface area (Å²) >= 11 is 9.66. The maximum absolute atomic E-state index is 12.9. The molecule has 3 saturated heterocycles. The van der Waals surface area contributed by atoms with Crippen LogP contribution < -0.4 is 4.90 Å². The van der Waals surface area contributed by atoms with Gasteiger partial charge in [0.25, 0.3) is 0 Å². The number of aromatic nitrogens is 2. The molecule has 8 heteroatoms. The summed E-state index contributed by atoms with van der Waals surface area (Å²) in [7, 11) is 0.